The quantitative estimate of drug-likeness (QED) is 0.705. The molecule has 3 aliphatic rings. The van der Waals surface area contributed by atoms with Crippen molar-refractivity contribution in [2.45, 2.75) is 44.8 Å². The molecule has 3 fully saturated rings. The molecule has 6 nitrogen and oxygen atoms in total. The zero-order valence-electron chi connectivity index (χ0n) is 12.9. The van der Waals surface area contributed by atoms with Crippen LogP contribution in [0.3, 0.4) is 0 Å². The molecule has 1 aliphatic carbocycles. The smallest absolute Gasteiger partial charge is 0.243 e. The summed E-state index contributed by atoms with van der Waals surface area (Å²) in [6.45, 7) is 6.32. The minimum Gasteiger partial charge on any atom is -0.377 e. The molecule has 3 unspecified atom stereocenters. The van der Waals surface area contributed by atoms with Gasteiger partial charge < -0.3 is 20.7 Å². The second-order valence-corrected chi connectivity index (χ2v) is 7.02. The van der Waals surface area contributed by atoms with Crippen molar-refractivity contribution in [1.82, 2.24) is 10.2 Å². The number of nitrogens with zero attached hydrogens (tertiary/aromatic N) is 1. The Morgan fingerprint density at radius 2 is 2.19 bits per heavy atom. The molecular formula is C15H25N3O3. The Balaban J connectivity index is 1.80. The lowest BCUT2D eigenvalue weighted by Gasteiger charge is -2.65. The first-order chi connectivity index (χ1) is 9.89. The summed E-state index contributed by atoms with van der Waals surface area (Å²) in [6, 6.07) is 0. The van der Waals surface area contributed by atoms with Crippen LogP contribution in [-0.2, 0) is 14.3 Å². The number of hydrogen-bond donors (Lipinski definition) is 2. The van der Waals surface area contributed by atoms with Crippen LogP contribution in [0.25, 0.3) is 0 Å². The molecule has 3 N–H and O–H groups in total. The van der Waals surface area contributed by atoms with Crippen molar-refractivity contribution in [2.24, 2.45) is 17.1 Å². The molecule has 0 aromatic heterocycles. The summed E-state index contributed by atoms with van der Waals surface area (Å²) in [5.41, 5.74) is 5.39. The molecule has 3 atom stereocenters. The average molecular weight is 295 g/mol. The Morgan fingerprint density at radius 1 is 1.43 bits per heavy atom. The van der Waals surface area contributed by atoms with Crippen LogP contribution >= 0.6 is 0 Å². The predicted octanol–water partition coefficient (Wildman–Crippen LogP) is -0.133. The molecule has 2 amide bonds. The van der Waals surface area contributed by atoms with Crippen LogP contribution in [-0.4, -0.2) is 54.6 Å². The number of rotatable bonds is 1. The van der Waals surface area contributed by atoms with Crippen LogP contribution in [0.15, 0.2) is 0 Å². The fourth-order valence-electron chi connectivity index (χ4n) is 4.24. The van der Waals surface area contributed by atoms with Crippen LogP contribution < -0.4 is 11.1 Å². The summed E-state index contributed by atoms with van der Waals surface area (Å²) in [6.07, 6.45) is 2.34. The van der Waals surface area contributed by atoms with Gasteiger partial charge in [-0.25, -0.2) is 0 Å². The van der Waals surface area contributed by atoms with Gasteiger partial charge in [0.25, 0.3) is 0 Å². The van der Waals surface area contributed by atoms with E-state index in [0.29, 0.717) is 26.1 Å². The van der Waals surface area contributed by atoms with Gasteiger partial charge in [0.1, 0.15) is 5.54 Å². The number of ether oxygens (including phenoxy) is 1. The molecule has 0 aromatic rings. The van der Waals surface area contributed by atoms with Crippen LogP contribution in [0.1, 0.15) is 33.1 Å². The monoisotopic (exact) mass is 295 g/mol. The maximum atomic E-state index is 13.0. The van der Waals surface area contributed by atoms with Gasteiger partial charge in [-0.05, 0) is 12.8 Å². The zero-order valence-corrected chi connectivity index (χ0v) is 12.9. The van der Waals surface area contributed by atoms with Gasteiger partial charge >= 0.3 is 0 Å². The number of nitrogens with two attached hydrogens (primary N) is 1. The van der Waals surface area contributed by atoms with E-state index in [1.165, 1.54) is 0 Å². The Labute approximate surface area is 125 Å². The van der Waals surface area contributed by atoms with Crippen molar-refractivity contribution >= 4 is 11.8 Å². The topological polar surface area (TPSA) is 84.7 Å². The highest BCUT2D eigenvalue weighted by atomic mass is 16.5. The fourth-order valence-corrected chi connectivity index (χ4v) is 4.24. The van der Waals surface area contributed by atoms with Crippen LogP contribution in [0.2, 0.25) is 0 Å². The molecule has 2 saturated heterocycles. The van der Waals surface area contributed by atoms with Gasteiger partial charge in [-0.2, -0.15) is 0 Å². The lowest BCUT2D eigenvalue weighted by Crippen LogP contribution is -2.82. The van der Waals surface area contributed by atoms with Crippen LogP contribution in [0.5, 0.6) is 0 Å². The molecule has 21 heavy (non-hydrogen) atoms. The van der Waals surface area contributed by atoms with E-state index in [0.717, 1.165) is 19.4 Å². The Bertz CT molecular complexity index is 465. The molecule has 3 rings (SSSR count). The molecule has 118 valence electrons. The van der Waals surface area contributed by atoms with E-state index in [2.05, 4.69) is 5.32 Å². The van der Waals surface area contributed by atoms with Crippen molar-refractivity contribution in [2.75, 3.05) is 26.2 Å². The summed E-state index contributed by atoms with van der Waals surface area (Å²) in [4.78, 5) is 26.2. The van der Waals surface area contributed by atoms with Gasteiger partial charge in [0, 0.05) is 44.0 Å². The summed E-state index contributed by atoms with van der Waals surface area (Å²) in [5, 5.41) is 2.80. The maximum absolute atomic E-state index is 13.0. The minimum absolute atomic E-state index is 0.00289. The third kappa shape index (κ3) is 1.99. The lowest BCUT2D eigenvalue weighted by molar-refractivity contribution is -0.230. The zero-order chi connectivity index (χ0) is 15.3. The minimum atomic E-state index is -0.870. The van der Waals surface area contributed by atoms with E-state index in [-0.39, 0.29) is 29.3 Å². The SMILES string of the molecule is CC1(C)C2OCCCC2C1(N)C(=O)N1CCNC(=O)CC1. The van der Waals surface area contributed by atoms with Gasteiger partial charge in [0.05, 0.1) is 6.10 Å². The van der Waals surface area contributed by atoms with E-state index in [9.17, 15) is 9.59 Å². The number of hydrogen-bond acceptors (Lipinski definition) is 4. The first-order valence-electron chi connectivity index (χ1n) is 7.85. The molecule has 2 aliphatic heterocycles. The third-order valence-electron chi connectivity index (χ3n) is 5.64. The average Bonchev–Trinajstić information content (AvgIpc) is 2.70. The summed E-state index contributed by atoms with van der Waals surface area (Å²) >= 11 is 0. The number of fused-ring (bicyclic) bond motifs is 1. The van der Waals surface area contributed by atoms with Crippen LogP contribution in [0.4, 0.5) is 0 Å². The highest BCUT2D eigenvalue weighted by Gasteiger charge is 2.70. The molecule has 1 saturated carbocycles. The second-order valence-electron chi connectivity index (χ2n) is 7.02. The molecule has 0 radical (unpaired) electrons. The number of carbonyl (C=O) groups excluding carboxylic acids is 2. The van der Waals surface area contributed by atoms with Gasteiger partial charge in [0.2, 0.25) is 11.8 Å². The highest BCUT2D eigenvalue weighted by molar-refractivity contribution is 5.90. The van der Waals surface area contributed by atoms with Crippen molar-refractivity contribution in [1.29, 1.82) is 0 Å². The van der Waals surface area contributed by atoms with E-state index in [1.807, 2.05) is 13.8 Å². The molecule has 0 spiro atoms. The first kappa shape index (κ1) is 14.8. The van der Waals surface area contributed by atoms with Crippen molar-refractivity contribution < 1.29 is 14.3 Å². The highest BCUT2D eigenvalue weighted by Crippen LogP contribution is 2.57. The number of amides is 2. The molecule has 2 heterocycles. The van der Waals surface area contributed by atoms with Gasteiger partial charge in [-0.1, -0.05) is 13.8 Å². The first-order valence-corrected chi connectivity index (χ1v) is 7.85. The number of nitrogens with one attached hydrogen (secondary N) is 1. The molecule has 0 bridgehead atoms. The van der Waals surface area contributed by atoms with Crippen molar-refractivity contribution in [3.8, 4) is 0 Å². The normalized spacial score (nSPS) is 38.8. The fraction of sp³-hybridized carbons (Fsp3) is 0.867. The Morgan fingerprint density at radius 3 is 2.95 bits per heavy atom. The van der Waals surface area contributed by atoms with Crippen molar-refractivity contribution in [3.05, 3.63) is 0 Å². The lowest BCUT2D eigenvalue weighted by atomic mass is 9.46. The van der Waals surface area contributed by atoms with Crippen LogP contribution in [0, 0.1) is 11.3 Å². The third-order valence-corrected chi connectivity index (χ3v) is 5.64. The van der Waals surface area contributed by atoms with Gasteiger partial charge in [-0.3, -0.25) is 9.59 Å². The summed E-state index contributed by atoms with van der Waals surface area (Å²) < 4.78 is 5.85. The Hall–Kier alpha value is -1.14. The molecule has 6 heteroatoms. The largest absolute Gasteiger partial charge is 0.377 e. The molecular weight excluding hydrogens is 270 g/mol. The maximum Gasteiger partial charge on any atom is 0.243 e. The summed E-state index contributed by atoms with van der Waals surface area (Å²) in [7, 11) is 0. The van der Waals surface area contributed by atoms with E-state index in [1.54, 1.807) is 4.90 Å². The standard InChI is InChI=1S/C15H25N3O3/c1-14(2)12-10(4-3-9-21-12)15(14,16)13(20)18-7-5-11(19)17-6-8-18/h10,12H,3-9,16H2,1-2H3,(H,17,19). The summed E-state index contributed by atoms with van der Waals surface area (Å²) in [5.74, 6) is 0.0829. The van der Waals surface area contributed by atoms with Gasteiger partial charge in [0.15, 0.2) is 0 Å². The van der Waals surface area contributed by atoms with E-state index < -0.39 is 5.54 Å². The molecule has 0 aromatic carbocycles. The van der Waals surface area contributed by atoms with Gasteiger partial charge in [-0.15, -0.1) is 0 Å². The van der Waals surface area contributed by atoms with Crippen molar-refractivity contribution in [3.63, 3.8) is 0 Å². The Kier molecular flexibility index (Phi) is 3.48. The van der Waals surface area contributed by atoms with E-state index >= 15 is 0 Å². The van der Waals surface area contributed by atoms with E-state index in [4.69, 9.17) is 10.5 Å². The predicted molar refractivity (Wildman–Crippen MR) is 77.4 cm³/mol. The number of carbonyl (C=O) groups is 2. The second kappa shape index (κ2) is 4.95.